The summed E-state index contributed by atoms with van der Waals surface area (Å²) in [6.07, 6.45) is 3.64. The zero-order valence-corrected chi connectivity index (χ0v) is 15.2. The van der Waals surface area contributed by atoms with Gasteiger partial charge in [0.1, 0.15) is 0 Å². The smallest absolute Gasteiger partial charge is 0.167 e. The van der Waals surface area contributed by atoms with E-state index >= 15 is 0 Å². The van der Waals surface area contributed by atoms with Crippen LogP contribution in [0.25, 0.3) is 10.8 Å². The number of carbonyl (C=O) groups excluding carboxylic acids is 1. The molecule has 0 spiro atoms. The Morgan fingerprint density at radius 1 is 1.32 bits per heavy atom. The van der Waals surface area contributed by atoms with Crippen molar-refractivity contribution in [3.05, 3.63) is 47.0 Å². The molecule has 2 aromatic rings. The number of Topliss-reactive ketones (excluding diaryl/α,β-unsaturated/α-hetero) is 1. The molecule has 2 aromatic carbocycles. The molecule has 1 heterocycles. The van der Waals surface area contributed by atoms with Gasteiger partial charge >= 0.3 is 0 Å². The molecule has 0 bridgehead atoms. The third kappa shape index (κ3) is 3.75. The zero-order valence-electron chi connectivity index (χ0n) is 15.2. The molecule has 0 saturated carbocycles. The molecular weight excluding hydrogens is 308 g/mol. The monoisotopic (exact) mass is 334 g/mol. The maximum Gasteiger partial charge on any atom is 0.167 e. The summed E-state index contributed by atoms with van der Waals surface area (Å²) in [5, 5.41) is 11.2. The summed E-state index contributed by atoms with van der Waals surface area (Å²) >= 11 is 0. The summed E-state index contributed by atoms with van der Waals surface area (Å²) in [5.74, 6) is 0.381. The maximum absolute atomic E-state index is 13.0. The van der Waals surface area contributed by atoms with E-state index in [-0.39, 0.29) is 11.7 Å². The Kier molecular flexibility index (Phi) is 5.50. The first-order valence-corrected chi connectivity index (χ1v) is 9.29. The van der Waals surface area contributed by atoms with Crippen LogP contribution in [0, 0.1) is 24.2 Å². The van der Waals surface area contributed by atoms with Gasteiger partial charge < -0.3 is 4.90 Å². The van der Waals surface area contributed by atoms with Crippen LogP contribution in [0.2, 0.25) is 0 Å². The van der Waals surface area contributed by atoms with Crippen molar-refractivity contribution in [2.24, 2.45) is 5.92 Å². The maximum atomic E-state index is 13.0. The van der Waals surface area contributed by atoms with Gasteiger partial charge in [-0.1, -0.05) is 31.2 Å². The number of benzene rings is 2. The average Bonchev–Trinajstić information content (AvgIpc) is 2.64. The van der Waals surface area contributed by atoms with Gasteiger partial charge in [0.15, 0.2) is 5.78 Å². The topological polar surface area (TPSA) is 44.1 Å². The van der Waals surface area contributed by atoms with Gasteiger partial charge in [-0.3, -0.25) is 4.79 Å². The van der Waals surface area contributed by atoms with Gasteiger partial charge in [0.2, 0.25) is 0 Å². The second-order valence-corrected chi connectivity index (χ2v) is 7.14. The highest BCUT2D eigenvalue weighted by Crippen LogP contribution is 2.27. The fourth-order valence-corrected chi connectivity index (χ4v) is 3.99. The SMILES string of the molecule is CCCN1CCCC(C(=O)c2ccc3c(CC#N)c(C)ccc3c2)C1. The van der Waals surface area contributed by atoms with Crippen LogP contribution in [0.4, 0.5) is 0 Å². The van der Waals surface area contributed by atoms with Gasteiger partial charge in [-0.05, 0) is 67.2 Å². The van der Waals surface area contributed by atoms with Gasteiger partial charge in [-0.15, -0.1) is 0 Å². The first-order chi connectivity index (χ1) is 12.1. The summed E-state index contributed by atoms with van der Waals surface area (Å²) in [7, 11) is 0. The van der Waals surface area contributed by atoms with E-state index in [0.717, 1.165) is 66.4 Å². The number of likely N-dealkylation sites (tertiary alicyclic amines) is 1. The average molecular weight is 334 g/mol. The molecule has 0 radical (unpaired) electrons. The Hall–Kier alpha value is -2.18. The molecule has 1 atom stereocenters. The molecular formula is C22H26N2O. The number of piperidine rings is 1. The van der Waals surface area contributed by atoms with E-state index < -0.39 is 0 Å². The molecule has 0 aromatic heterocycles. The molecule has 0 N–H and O–H groups in total. The van der Waals surface area contributed by atoms with Gasteiger partial charge in [0, 0.05) is 18.0 Å². The minimum absolute atomic E-state index is 0.113. The van der Waals surface area contributed by atoms with E-state index in [1.54, 1.807) is 0 Å². The second kappa shape index (κ2) is 7.80. The molecule has 3 rings (SSSR count). The third-order valence-corrected chi connectivity index (χ3v) is 5.32. The number of hydrogen-bond donors (Lipinski definition) is 0. The number of nitrogens with zero attached hydrogens (tertiary/aromatic N) is 2. The van der Waals surface area contributed by atoms with E-state index in [1.165, 1.54) is 0 Å². The van der Waals surface area contributed by atoms with Crippen molar-refractivity contribution >= 4 is 16.6 Å². The highest BCUT2D eigenvalue weighted by Gasteiger charge is 2.26. The first-order valence-electron chi connectivity index (χ1n) is 9.29. The molecule has 1 saturated heterocycles. The molecule has 130 valence electrons. The molecule has 1 aliphatic heterocycles. The van der Waals surface area contributed by atoms with E-state index in [2.05, 4.69) is 24.0 Å². The molecule has 1 unspecified atom stereocenters. The van der Waals surface area contributed by atoms with Crippen LogP contribution >= 0.6 is 0 Å². The highest BCUT2D eigenvalue weighted by molar-refractivity contribution is 6.02. The van der Waals surface area contributed by atoms with E-state index in [4.69, 9.17) is 5.26 Å². The normalized spacial score (nSPS) is 18.2. The Morgan fingerprint density at radius 2 is 2.16 bits per heavy atom. The Labute approximate surface area is 150 Å². The number of aryl methyl sites for hydroxylation is 1. The number of hydrogen-bond acceptors (Lipinski definition) is 3. The van der Waals surface area contributed by atoms with Crippen molar-refractivity contribution in [2.45, 2.75) is 39.5 Å². The largest absolute Gasteiger partial charge is 0.303 e. The van der Waals surface area contributed by atoms with Gasteiger partial charge in [0.05, 0.1) is 12.5 Å². The van der Waals surface area contributed by atoms with Crippen LogP contribution in [0.5, 0.6) is 0 Å². The standard InChI is InChI=1S/C22H26N2O/c1-3-12-24-13-4-5-19(15-24)22(25)18-8-9-21-17(14-18)7-6-16(2)20(21)10-11-23/h6-9,14,19H,3-5,10,12-13,15H2,1-2H3. The van der Waals surface area contributed by atoms with Crippen molar-refractivity contribution < 1.29 is 4.79 Å². The van der Waals surface area contributed by atoms with Crippen LogP contribution in [0.15, 0.2) is 30.3 Å². The molecule has 1 aliphatic rings. The number of fused-ring (bicyclic) bond motifs is 1. The van der Waals surface area contributed by atoms with Gasteiger partial charge in [-0.25, -0.2) is 0 Å². The summed E-state index contributed by atoms with van der Waals surface area (Å²) in [6, 6.07) is 12.3. The van der Waals surface area contributed by atoms with E-state index in [9.17, 15) is 4.79 Å². The molecule has 0 amide bonds. The lowest BCUT2D eigenvalue weighted by Gasteiger charge is -2.31. The number of rotatable bonds is 5. The fraction of sp³-hybridized carbons (Fsp3) is 0.455. The van der Waals surface area contributed by atoms with Crippen LogP contribution in [0.1, 0.15) is 47.7 Å². The molecule has 0 aliphatic carbocycles. The number of nitriles is 1. The quantitative estimate of drug-likeness (QED) is 0.755. The van der Waals surface area contributed by atoms with Crippen LogP contribution < -0.4 is 0 Å². The van der Waals surface area contributed by atoms with Crippen molar-refractivity contribution in [2.75, 3.05) is 19.6 Å². The molecule has 25 heavy (non-hydrogen) atoms. The first kappa shape index (κ1) is 17.6. The molecule has 3 heteroatoms. The highest BCUT2D eigenvalue weighted by atomic mass is 16.1. The van der Waals surface area contributed by atoms with E-state index in [1.807, 2.05) is 31.2 Å². The lowest BCUT2D eigenvalue weighted by atomic mass is 9.88. The number of carbonyl (C=O) groups is 1. The van der Waals surface area contributed by atoms with Crippen LogP contribution in [0.3, 0.4) is 0 Å². The summed E-state index contributed by atoms with van der Waals surface area (Å²) in [5.41, 5.74) is 3.02. The van der Waals surface area contributed by atoms with Crippen molar-refractivity contribution in [1.82, 2.24) is 4.90 Å². The second-order valence-electron chi connectivity index (χ2n) is 7.14. The molecule has 3 nitrogen and oxygen atoms in total. The van der Waals surface area contributed by atoms with Crippen LogP contribution in [-0.2, 0) is 6.42 Å². The van der Waals surface area contributed by atoms with Crippen molar-refractivity contribution in [3.63, 3.8) is 0 Å². The predicted molar refractivity (Wildman–Crippen MR) is 102 cm³/mol. The predicted octanol–water partition coefficient (Wildman–Crippen LogP) is 4.52. The minimum atomic E-state index is 0.113. The van der Waals surface area contributed by atoms with Crippen molar-refractivity contribution in [3.8, 4) is 6.07 Å². The summed E-state index contributed by atoms with van der Waals surface area (Å²) < 4.78 is 0. The summed E-state index contributed by atoms with van der Waals surface area (Å²) in [4.78, 5) is 15.4. The van der Waals surface area contributed by atoms with Gasteiger partial charge in [0.25, 0.3) is 0 Å². The van der Waals surface area contributed by atoms with Gasteiger partial charge in [-0.2, -0.15) is 5.26 Å². The third-order valence-electron chi connectivity index (χ3n) is 5.32. The Balaban J connectivity index is 1.87. The van der Waals surface area contributed by atoms with Crippen molar-refractivity contribution in [1.29, 1.82) is 5.26 Å². The number of ketones is 1. The summed E-state index contributed by atoms with van der Waals surface area (Å²) in [6.45, 7) is 7.31. The zero-order chi connectivity index (χ0) is 17.8. The van der Waals surface area contributed by atoms with Crippen LogP contribution in [-0.4, -0.2) is 30.3 Å². The lowest BCUT2D eigenvalue weighted by Crippen LogP contribution is -2.39. The van der Waals surface area contributed by atoms with E-state index in [0.29, 0.717) is 6.42 Å². The fourth-order valence-electron chi connectivity index (χ4n) is 3.99. The Bertz CT molecular complexity index is 817. The minimum Gasteiger partial charge on any atom is -0.303 e. The Morgan fingerprint density at radius 3 is 2.92 bits per heavy atom. The molecule has 1 fully saturated rings. The lowest BCUT2D eigenvalue weighted by molar-refractivity contribution is 0.0820.